The third-order valence-corrected chi connectivity index (χ3v) is 14.7. The number of fused-ring (bicyclic) bond motifs is 1. The molecule has 1 saturated heterocycles. The number of hydrogen-bond donors (Lipinski definition) is 0. The first-order valence-electron chi connectivity index (χ1n) is 17.5. The normalized spacial score (nSPS) is 15.3. The number of carbonyl (C=O) groups excluding carboxylic acids is 1. The van der Waals surface area contributed by atoms with Gasteiger partial charge in [0.05, 0.1) is 29.1 Å². The van der Waals surface area contributed by atoms with Crippen molar-refractivity contribution in [2.24, 2.45) is 0 Å². The third kappa shape index (κ3) is 7.30. The van der Waals surface area contributed by atoms with E-state index in [1.165, 1.54) is 12.4 Å². The monoisotopic (exact) mass is 753 g/mol. The van der Waals surface area contributed by atoms with Crippen molar-refractivity contribution in [1.82, 2.24) is 14.9 Å². The summed E-state index contributed by atoms with van der Waals surface area (Å²) in [6, 6.07) is 27.5. The van der Waals surface area contributed by atoms with Gasteiger partial charge in [0.15, 0.2) is 5.82 Å². The molecule has 0 radical (unpaired) electrons. The lowest BCUT2D eigenvalue weighted by atomic mass is 10.0. The van der Waals surface area contributed by atoms with Crippen molar-refractivity contribution >= 4 is 53.1 Å². The summed E-state index contributed by atoms with van der Waals surface area (Å²) in [5.41, 5.74) is -1.04. The second kappa shape index (κ2) is 14.8. The minimum atomic E-state index is -3.26. The molecule has 0 saturated carbocycles. The first-order valence-corrected chi connectivity index (χ1v) is 19.8. The van der Waals surface area contributed by atoms with Gasteiger partial charge in [-0.2, -0.15) is 5.26 Å². The van der Waals surface area contributed by atoms with Crippen molar-refractivity contribution < 1.29 is 22.7 Å². The Hall–Kier alpha value is -5.05. The van der Waals surface area contributed by atoms with Crippen LogP contribution in [0.4, 0.5) is 19.4 Å². The maximum Gasteiger partial charge on any atom is 0.410 e. The minimum absolute atomic E-state index is 0.0515. The van der Waals surface area contributed by atoms with Crippen LogP contribution in [0.3, 0.4) is 0 Å². The van der Waals surface area contributed by atoms with Crippen molar-refractivity contribution in [3.63, 3.8) is 0 Å². The molecule has 274 valence electrons. The summed E-state index contributed by atoms with van der Waals surface area (Å²) >= 11 is 6.96. The third-order valence-electron chi connectivity index (χ3n) is 9.44. The van der Waals surface area contributed by atoms with Gasteiger partial charge in [0, 0.05) is 30.6 Å². The Labute approximate surface area is 315 Å². The summed E-state index contributed by atoms with van der Waals surface area (Å²) in [6.45, 7) is 12.5. The van der Waals surface area contributed by atoms with E-state index in [0.717, 1.165) is 10.4 Å². The molecule has 53 heavy (non-hydrogen) atoms. The van der Waals surface area contributed by atoms with Gasteiger partial charge in [-0.25, -0.2) is 23.5 Å². The highest BCUT2D eigenvalue weighted by atomic mass is 35.5. The van der Waals surface area contributed by atoms with E-state index >= 15 is 8.78 Å². The average Bonchev–Trinajstić information content (AvgIpc) is 3.11. The molecule has 4 aromatic carbocycles. The number of ether oxygens (including phenoxy) is 1. The highest BCUT2D eigenvalue weighted by molar-refractivity contribution is 7.00. The maximum absolute atomic E-state index is 17.0. The molecule has 1 amide bonds. The Morgan fingerprint density at radius 3 is 2.15 bits per heavy atom. The smallest absolute Gasteiger partial charge is 0.410 e. The van der Waals surface area contributed by atoms with E-state index < -0.39 is 42.7 Å². The van der Waals surface area contributed by atoms with E-state index in [1.807, 2.05) is 65.6 Å². The number of piperazine rings is 1. The highest BCUT2D eigenvalue weighted by Crippen LogP contribution is 2.45. The van der Waals surface area contributed by atoms with Crippen molar-refractivity contribution in [2.45, 2.75) is 64.6 Å². The van der Waals surface area contributed by atoms with Crippen molar-refractivity contribution in [3.05, 3.63) is 108 Å². The summed E-state index contributed by atoms with van der Waals surface area (Å²) in [7, 11) is -3.26. The lowest BCUT2D eigenvalue weighted by Crippen LogP contribution is -2.68. The first kappa shape index (κ1) is 37.7. The molecule has 1 aliphatic rings. The topological polar surface area (TPSA) is 91.6 Å². The number of halogens is 3. The van der Waals surface area contributed by atoms with Crippen LogP contribution in [-0.4, -0.2) is 60.6 Å². The SMILES string of the molecule is CC(C)(C)OC(=O)N1CCN(c2ncnc3c(F)c(-c4c(F)cccc4O[Si](c4ccccc4)(c4ccccc4)C(C)(C)C)c(Cl)cc23)C[C@@H]1CC#N. The number of aromatic nitrogens is 2. The molecule has 0 unspecified atom stereocenters. The molecule has 5 aromatic rings. The Bertz CT molecular complexity index is 2130. The number of amides is 1. The quantitative estimate of drug-likeness (QED) is 0.154. The van der Waals surface area contributed by atoms with Gasteiger partial charge in [-0.05, 0) is 54.4 Å². The van der Waals surface area contributed by atoms with Gasteiger partial charge in [0.2, 0.25) is 0 Å². The molecule has 0 aliphatic carbocycles. The molecule has 1 aliphatic heterocycles. The van der Waals surface area contributed by atoms with Crippen LogP contribution in [0.15, 0.2) is 91.3 Å². The molecule has 0 N–H and O–H groups in total. The Morgan fingerprint density at radius 1 is 0.925 bits per heavy atom. The number of hydrogen-bond acceptors (Lipinski definition) is 7. The number of benzene rings is 4. The van der Waals surface area contributed by atoms with Crippen LogP contribution in [0.1, 0.15) is 48.0 Å². The fourth-order valence-electron chi connectivity index (χ4n) is 7.13. The molecule has 8 nitrogen and oxygen atoms in total. The van der Waals surface area contributed by atoms with Crippen LogP contribution in [0.25, 0.3) is 22.0 Å². The number of carbonyl (C=O) groups is 1. The summed E-state index contributed by atoms with van der Waals surface area (Å²) in [6.07, 6.45) is 0.794. The lowest BCUT2D eigenvalue weighted by molar-refractivity contribution is 0.0145. The number of nitrogens with zero attached hydrogens (tertiary/aromatic N) is 5. The minimum Gasteiger partial charge on any atom is -0.533 e. The van der Waals surface area contributed by atoms with Crippen LogP contribution >= 0.6 is 11.6 Å². The average molecular weight is 754 g/mol. The van der Waals surface area contributed by atoms with Crippen LogP contribution < -0.4 is 19.7 Å². The summed E-state index contributed by atoms with van der Waals surface area (Å²) in [5, 5.41) is 11.3. The molecule has 0 bridgehead atoms. The zero-order valence-corrected chi connectivity index (χ0v) is 32.4. The van der Waals surface area contributed by atoms with Gasteiger partial charge in [0.1, 0.15) is 34.8 Å². The molecular weight excluding hydrogens is 712 g/mol. The number of anilines is 1. The van der Waals surface area contributed by atoms with Crippen LogP contribution in [0.5, 0.6) is 5.75 Å². The summed E-state index contributed by atoms with van der Waals surface area (Å²) < 4.78 is 46.1. The molecule has 12 heteroatoms. The molecule has 1 fully saturated rings. The van der Waals surface area contributed by atoms with Crippen molar-refractivity contribution in [2.75, 3.05) is 24.5 Å². The van der Waals surface area contributed by atoms with Crippen LogP contribution in [0.2, 0.25) is 10.1 Å². The largest absolute Gasteiger partial charge is 0.533 e. The zero-order valence-electron chi connectivity index (χ0n) is 30.7. The van der Waals surface area contributed by atoms with Crippen LogP contribution in [-0.2, 0) is 4.74 Å². The molecule has 2 heterocycles. The van der Waals surface area contributed by atoms with Crippen LogP contribution in [0, 0.1) is 23.0 Å². The van der Waals surface area contributed by atoms with E-state index in [9.17, 15) is 10.1 Å². The Balaban J connectivity index is 1.46. The van der Waals surface area contributed by atoms with E-state index in [0.29, 0.717) is 17.7 Å². The highest BCUT2D eigenvalue weighted by Gasteiger charge is 2.52. The van der Waals surface area contributed by atoms with Gasteiger partial charge in [-0.15, -0.1) is 0 Å². The number of rotatable bonds is 7. The predicted octanol–water partition coefficient (Wildman–Crippen LogP) is 8.51. The Morgan fingerprint density at radius 2 is 1.57 bits per heavy atom. The predicted molar refractivity (Wildman–Crippen MR) is 207 cm³/mol. The lowest BCUT2D eigenvalue weighted by Gasteiger charge is -2.43. The molecular formula is C41H42ClF2N5O3Si. The maximum atomic E-state index is 17.0. The standard InChI is InChI=1S/C41H42ClF2N5O3Si/c1-40(2,3)51-39(50)49-23-22-48(25-27(49)20-21-45)38-30-24-31(42)34(36(44)37(30)46-26-47-38)35-32(43)18-13-19-33(35)52-53(41(4,5)6,28-14-9-7-10-15-28)29-16-11-8-12-17-29/h7-19,24,26-27H,20,22-23,25H2,1-6H3/t27-/m0/s1. The molecule has 6 rings (SSSR count). The van der Waals surface area contributed by atoms with Gasteiger partial charge in [-0.3, -0.25) is 0 Å². The van der Waals surface area contributed by atoms with E-state index in [1.54, 1.807) is 43.9 Å². The van der Waals surface area contributed by atoms with E-state index in [2.05, 4.69) is 36.8 Å². The first-order chi connectivity index (χ1) is 25.2. The molecule has 1 atom stereocenters. The summed E-state index contributed by atoms with van der Waals surface area (Å²) in [5.74, 6) is -0.986. The van der Waals surface area contributed by atoms with Gasteiger partial charge < -0.3 is 19.0 Å². The van der Waals surface area contributed by atoms with Gasteiger partial charge >= 0.3 is 14.4 Å². The van der Waals surface area contributed by atoms with E-state index in [-0.39, 0.29) is 46.9 Å². The molecule has 0 spiro atoms. The number of nitriles is 1. The van der Waals surface area contributed by atoms with E-state index in [4.69, 9.17) is 20.8 Å². The van der Waals surface area contributed by atoms with Crippen molar-refractivity contribution in [3.8, 4) is 22.9 Å². The fourth-order valence-corrected chi connectivity index (χ4v) is 11.8. The second-order valence-electron chi connectivity index (χ2n) is 15.2. The Kier molecular flexibility index (Phi) is 10.5. The summed E-state index contributed by atoms with van der Waals surface area (Å²) in [4.78, 5) is 25.2. The molecule has 1 aromatic heterocycles. The van der Waals surface area contributed by atoms with Gasteiger partial charge in [-0.1, -0.05) is 99.1 Å². The van der Waals surface area contributed by atoms with Gasteiger partial charge in [0.25, 0.3) is 0 Å². The zero-order chi connectivity index (χ0) is 38.1. The second-order valence-corrected chi connectivity index (χ2v) is 19.8. The van der Waals surface area contributed by atoms with Crippen molar-refractivity contribution in [1.29, 1.82) is 5.26 Å². The fraction of sp³-hybridized carbons (Fsp3) is 0.317.